The Morgan fingerprint density at radius 3 is 2.20 bits per heavy atom. The molecule has 0 spiro atoms. The Morgan fingerprint density at radius 2 is 1.67 bits per heavy atom. The number of aromatic hydroxyl groups is 1. The molecule has 1 heterocycles. The molecule has 7 nitrogen and oxygen atoms in total. The Morgan fingerprint density at radius 1 is 1.07 bits per heavy atom. The van der Waals surface area contributed by atoms with Crippen LogP contribution in [0.5, 0.6) is 17.2 Å². The molecular weight excluding hydrogens is 403 g/mol. The molecular formula is C22H33N2O5P. The fourth-order valence-electron chi connectivity index (χ4n) is 3.58. The first-order valence-corrected chi connectivity index (χ1v) is 11.8. The average molecular weight is 436 g/mol. The van der Waals surface area contributed by atoms with Crippen LogP contribution in [0, 0.1) is 20.8 Å². The van der Waals surface area contributed by atoms with E-state index in [2.05, 4.69) is 10.3 Å². The van der Waals surface area contributed by atoms with Crippen molar-refractivity contribution in [2.45, 2.75) is 60.3 Å². The number of hydrogen-bond acceptors (Lipinski definition) is 6. The molecule has 0 aliphatic heterocycles. The molecule has 1 atom stereocenters. The summed E-state index contributed by atoms with van der Waals surface area (Å²) in [4.78, 5) is 14.9. The van der Waals surface area contributed by atoms with Crippen molar-refractivity contribution in [3.8, 4) is 17.2 Å². The highest BCUT2D eigenvalue weighted by molar-refractivity contribution is 7.53. The summed E-state index contributed by atoms with van der Waals surface area (Å²) in [6.45, 7) is 13.4. The molecule has 0 amide bonds. The van der Waals surface area contributed by atoms with Crippen LogP contribution < -0.4 is 14.6 Å². The number of methoxy groups -OCH3 is 1. The summed E-state index contributed by atoms with van der Waals surface area (Å²) >= 11 is 0. The zero-order valence-corrected chi connectivity index (χ0v) is 19.9. The summed E-state index contributed by atoms with van der Waals surface area (Å²) in [5.74, 6) is 0.919. The van der Waals surface area contributed by atoms with E-state index in [4.69, 9.17) is 9.26 Å². The minimum absolute atomic E-state index is 0.0133. The standard InChI is InChI=1S/C22H33N2O5P/c1-12(2)17-16(7)20(28-8)19(25)18(13(3)4)21(17)29-30(26,27)11-24-22-15(6)14(5)9-10-23-22/h9-10,12-13,25H,11H2,1-8H3,(H,23,24)(H,26,27). The van der Waals surface area contributed by atoms with Crippen LogP contribution in [0.4, 0.5) is 5.82 Å². The zero-order chi connectivity index (χ0) is 22.8. The second-order valence-corrected chi connectivity index (χ2v) is 9.91. The van der Waals surface area contributed by atoms with E-state index in [1.165, 1.54) is 7.11 Å². The Balaban J connectivity index is 2.49. The van der Waals surface area contributed by atoms with Gasteiger partial charge in [-0.3, -0.25) is 0 Å². The van der Waals surface area contributed by atoms with E-state index < -0.39 is 7.60 Å². The van der Waals surface area contributed by atoms with Gasteiger partial charge in [-0.15, -0.1) is 0 Å². The maximum absolute atomic E-state index is 13.0. The lowest BCUT2D eigenvalue weighted by Crippen LogP contribution is -2.12. The third-order valence-electron chi connectivity index (χ3n) is 5.22. The molecule has 0 aliphatic carbocycles. The van der Waals surface area contributed by atoms with Crippen LogP contribution in [-0.2, 0) is 4.57 Å². The number of phenols is 1. The van der Waals surface area contributed by atoms with Gasteiger partial charge in [0.1, 0.15) is 17.9 Å². The monoisotopic (exact) mass is 436 g/mol. The van der Waals surface area contributed by atoms with Gasteiger partial charge in [-0.2, -0.15) is 0 Å². The van der Waals surface area contributed by atoms with E-state index >= 15 is 0 Å². The molecule has 0 bridgehead atoms. The average Bonchev–Trinajstić information content (AvgIpc) is 2.62. The molecule has 1 aromatic carbocycles. The molecule has 0 radical (unpaired) electrons. The van der Waals surface area contributed by atoms with Crippen molar-refractivity contribution in [3.63, 3.8) is 0 Å². The first-order valence-electron chi connectivity index (χ1n) is 10.0. The van der Waals surface area contributed by atoms with Crippen molar-refractivity contribution in [2.75, 3.05) is 18.7 Å². The van der Waals surface area contributed by atoms with Crippen molar-refractivity contribution in [2.24, 2.45) is 0 Å². The molecule has 30 heavy (non-hydrogen) atoms. The molecule has 3 N–H and O–H groups in total. The van der Waals surface area contributed by atoms with Crippen molar-refractivity contribution in [1.82, 2.24) is 4.98 Å². The van der Waals surface area contributed by atoms with E-state index in [1.54, 1.807) is 6.20 Å². The second-order valence-electron chi connectivity index (χ2n) is 8.14. The van der Waals surface area contributed by atoms with Gasteiger partial charge in [-0.1, -0.05) is 27.7 Å². The molecule has 0 fully saturated rings. The summed E-state index contributed by atoms with van der Waals surface area (Å²) in [6.07, 6.45) is 1.33. The third kappa shape index (κ3) is 4.90. The first kappa shape index (κ1) is 24.0. The van der Waals surface area contributed by atoms with Crippen LogP contribution in [0.25, 0.3) is 0 Å². The summed E-state index contributed by atoms with van der Waals surface area (Å²) in [5.41, 5.74) is 3.82. The molecule has 1 aromatic heterocycles. The minimum Gasteiger partial charge on any atom is -0.504 e. The van der Waals surface area contributed by atoms with Gasteiger partial charge in [-0.05, 0) is 49.8 Å². The van der Waals surface area contributed by atoms with Gasteiger partial charge in [0.25, 0.3) is 0 Å². The van der Waals surface area contributed by atoms with Crippen molar-refractivity contribution < 1.29 is 23.8 Å². The van der Waals surface area contributed by atoms with Crippen LogP contribution in [0.15, 0.2) is 12.3 Å². The van der Waals surface area contributed by atoms with Gasteiger partial charge in [0.15, 0.2) is 11.5 Å². The topological polar surface area (TPSA) is 101 Å². The highest BCUT2D eigenvalue weighted by Gasteiger charge is 2.31. The van der Waals surface area contributed by atoms with Gasteiger partial charge in [0.2, 0.25) is 0 Å². The maximum Gasteiger partial charge on any atom is 0.395 e. The van der Waals surface area contributed by atoms with Crippen molar-refractivity contribution in [1.29, 1.82) is 0 Å². The number of aromatic nitrogens is 1. The Hall–Kier alpha value is -2.24. The second kappa shape index (κ2) is 9.27. The van der Waals surface area contributed by atoms with Crippen molar-refractivity contribution >= 4 is 13.4 Å². The van der Waals surface area contributed by atoms with E-state index in [-0.39, 0.29) is 29.6 Å². The molecule has 2 rings (SSSR count). The highest BCUT2D eigenvalue weighted by Crippen LogP contribution is 2.54. The number of rotatable bonds is 8. The minimum atomic E-state index is -4.11. The van der Waals surface area contributed by atoms with Crippen LogP contribution in [0.2, 0.25) is 0 Å². The fourth-order valence-corrected chi connectivity index (χ4v) is 4.48. The Bertz CT molecular complexity index is 937. The van der Waals surface area contributed by atoms with E-state index in [0.29, 0.717) is 22.7 Å². The number of benzene rings is 1. The van der Waals surface area contributed by atoms with E-state index in [9.17, 15) is 14.6 Å². The number of ether oxygens (including phenoxy) is 1. The van der Waals surface area contributed by atoms with Gasteiger partial charge in [0, 0.05) is 22.9 Å². The van der Waals surface area contributed by atoms with Crippen LogP contribution in [0.3, 0.4) is 0 Å². The first-order chi connectivity index (χ1) is 13.9. The molecule has 166 valence electrons. The molecule has 2 aromatic rings. The smallest absolute Gasteiger partial charge is 0.395 e. The fraction of sp³-hybridized carbons (Fsp3) is 0.500. The number of anilines is 1. The molecule has 8 heteroatoms. The predicted molar refractivity (Wildman–Crippen MR) is 120 cm³/mol. The number of aryl methyl sites for hydroxylation is 1. The Labute approximate surface area is 179 Å². The SMILES string of the molecule is COc1c(C)c(C(C)C)c(OP(=O)(O)CNc2nccc(C)c2C)c(C(C)C)c1O. The predicted octanol–water partition coefficient (Wildman–Crippen LogP) is 5.60. The third-order valence-corrected chi connectivity index (χ3v) is 6.24. The molecule has 1 unspecified atom stereocenters. The maximum atomic E-state index is 13.0. The number of hydrogen-bond donors (Lipinski definition) is 3. The van der Waals surface area contributed by atoms with E-state index in [1.807, 2.05) is 54.5 Å². The van der Waals surface area contributed by atoms with Gasteiger partial charge in [0.05, 0.1) is 7.11 Å². The van der Waals surface area contributed by atoms with Gasteiger partial charge in [-0.25, -0.2) is 9.55 Å². The van der Waals surface area contributed by atoms with E-state index in [0.717, 1.165) is 16.7 Å². The lowest BCUT2D eigenvalue weighted by atomic mass is 9.89. The van der Waals surface area contributed by atoms with Gasteiger partial charge < -0.3 is 24.6 Å². The van der Waals surface area contributed by atoms with Crippen molar-refractivity contribution in [3.05, 3.63) is 40.1 Å². The van der Waals surface area contributed by atoms with Crippen LogP contribution in [0.1, 0.15) is 67.3 Å². The lowest BCUT2D eigenvalue weighted by Gasteiger charge is -2.27. The molecule has 0 saturated carbocycles. The summed E-state index contributed by atoms with van der Waals surface area (Å²) in [7, 11) is -2.62. The van der Waals surface area contributed by atoms with Crippen LogP contribution in [-0.4, -0.2) is 28.4 Å². The van der Waals surface area contributed by atoms with Gasteiger partial charge >= 0.3 is 7.60 Å². The zero-order valence-electron chi connectivity index (χ0n) is 19.0. The highest BCUT2D eigenvalue weighted by atomic mass is 31.2. The Kier molecular flexibility index (Phi) is 7.43. The summed E-state index contributed by atoms with van der Waals surface area (Å²) < 4.78 is 24.2. The quantitative estimate of drug-likeness (QED) is 0.463. The number of nitrogens with one attached hydrogen (secondary N) is 1. The number of nitrogens with zero attached hydrogens (tertiary/aromatic N) is 1. The number of phenolic OH excluding ortho intramolecular Hbond substituents is 1. The lowest BCUT2D eigenvalue weighted by molar-refractivity contribution is 0.354. The van der Waals surface area contributed by atoms with Crippen LogP contribution >= 0.6 is 7.60 Å². The largest absolute Gasteiger partial charge is 0.504 e. The number of pyridine rings is 1. The normalized spacial score (nSPS) is 13.4. The summed E-state index contributed by atoms with van der Waals surface area (Å²) in [5, 5.41) is 13.7. The molecule has 0 saturated heterocycles. The summed E-state index contributed by atoms with van der Waals surface area (Å²) in [6, 6.07) is 1.88. The molecule has 0 aliphatic rings.